The number of aromatic nitrogens is 4. The first-order valence-electron chi connectivity index (χ1n) is 20.5. The molecule has 4 aromatic heterocycles. The highest BCUT2D eigenvalue weighted by Crippen LogP contribution is 2.45. The fourth-order valence-corrected chi connectivity index (χ4v) is 11.5. The highest BCUT2D eigenvalue weighted by Gasteiger charge is 2.43. The highest BCUT2D eigenvalue weighted by atomic mass is 32.1. The van der Waals surface area contributed by atoms with E-state index in [4.69, 9.17) is 0 Å². The second kappa shape index (κ2) is 17.0. The quantitative estimate of drug-likeness (QED) is 0.155. The van der Waals surface area contributed by atoms with Crippen molar-refractivity contribution in [3.8, 4) is 0 Å². The summed E-state index contributed by atoms with van der Waals surface area (Å²) in [6.45, 7) is 19.7. The molecule has 4 fully saturated rings. The third-order valence-corrected chi connectivity index (χ3v) is 14.8. The van der Waals surface area contributed by atoms with Crippen molar-refractivity contribution in [2.45, 2.75) is 97.8 Å². The molecule has 0 aromatic carbocycles. The van der Waals surface area contributed by atoms with Crippen molar-refractivity contribution in [2.75, 3.05) is 75.2 Å². The van der Waals surface area contributed by atoms with E-state index in [1.807, 2.05) is 0 Å². The first-order valence-corrected chi connectivity index (χ1v) is 22.2. The van der Waals surface area contributed by atoms with Gasteiger partial charge in [0.2, 0.25) is 0 Å². The van der Waals surface area contributed by atoms with Crippen molar-refractivity contribution >= 4 is 54.7 Å². The molecule has 16 heteroatoms. The lowest BCUT2D eigenvalue weighted by atomic mass is 9.77. The van der Waals surface area contributed by atoms with Gasteiger partial charge in [-0.3, -0.25) is 0 Å². The first kappa shape index (κ1) is 42.3. The van der Waals surface area contributed by atoms with E-state index in [1.54, 1.807) is 12.1 Å². The number of nitrogens with zero attached hydrogens (tertiary/aromatic N) is 8. The van der Waals surface area contributed by atoms with Gasteiger partial charge in [-0.1, -0.05) is 34.1 Å². The number of fused-ring (bicyclic) bond motifs is 2. The van der Waals surface area contributed by atoms with Gasteiger partial charge in [-0.15, -0.1) is 22.7 Å². The monoisotopic (exact) mass is 838 g/mol. The summed E-state index contributed by atoms with van der Waals surface area (Å²) in [4.78, 5) is 29.0. The highest BCUT2D eigenvalue weighted by molar-refractivity contribution is 7.19. The Kier molecular flexibility index (Phi) is 12.6. The lowest BCUT2D eigenvalue weighted by Gasteiger charge is -2.40. The smallest absolute Gasteiger partial charge is 0.355 e. The summed E-state index contributed by atoms with van der Waals surface area (Å²) in [5, 5.41) is 1.53. The molecule has 0 saturated carbocycles. The molecule has 1 atom stereocenters. The molecule has 8 heterocycles. The van der Waals surface area contributed by atoms with E-state index < -0.39 is 25.2 Å². The maximum atomic E-state index is 12.8. The van der Waals surface area contributed by atoms with Gasteiger partial charge in [-0.05, 0) is 99.5 Å². The Hall–Kier alpha value is -2.82. The van der Waals surface area contributed by atoms with Crippen LogP contribution in [0.3, 0.4) is 0 Å². The molecule has 4 aliphatic rings. The van der Waals surface area contributed by atoms with Crippen LogP contribution in [0.15, 0.2) is 24.8 Å². The normalized spacial score (nSPS) is 21.0. The van der Waals surface area contributed by atoms with Crippen LogP contribution in [0, 0.1) is 22.7 Å². The number of hydrogen-bond acceptors (Lipinski definition) is 10. The summed E-state index contributed by atoms with van der Waals surface area (Å²) in [5.41, 5.74) is 0.629. The van der Waals surface area contributed by atoms with Gasteiger partial charge in [0.05, 0.1) is 23.6 Å². The number of rotatable bonds is 9. The van der Waals surface area contributed by atoms with Crippen LogP contribution in [0.5, 0.6) is 0 Å². The van der Waals surface area contributed by atoms with Crippen LogP contribution in [0.2, 0.25) is 0 Å². The summed E-state index contributed by atoms with van der Waals surface area (Å²) in [6, 6.07) is 3.28. The third kappa shape index (κ3) is 10.5. The molecule has 0 bridgehead atoms. The Bertz CT molecular complexity index is 1940. The molecule has 0 radical (unpaired) electrons. The predicted octanol–water partition coefficient (Wildman–Crippen LogP) is 9.88. The molecule has 4 aromatic rings. The lowest BCUT2D eigenvalue weighted by Crippen LogP contribution is -2.43. The standard InChI is InChI=1S/C21H29F3N4S.C20H27F3N4S/c1-3-15(2)12-27-7-4-20(5-8-27)6-9-28(13-20)18-17-10-16(11-21(22,23)24)29-19(17)26-14-25-18;1-14(2)11-26-6-3-19(4-7-26)5-8-27(12-19)17-16-9-15(10-20(21,22)23)28-18(16)25-13-24-17/h10,14-15H,3-9,11-13H2,1-2H3;9,13-14H,3-8,10-12H2,1-2H3. The minimum atomic E-state index is -4.20. The summed E-state index contributed by atoms with van der Waals surface area (Å²) in [6.07, 6.45) is 1.03. The Morgan fingerprint density at radius 3 is 1.40 bits per heavy atom. The van der Waals surface area contributed by atoms with E-state index in [2.05, 4.69) is 67.2 Å². The Balaban J connectivity index is 0.000000174. The van der Waals surface area contributed by atoms with Crippen molar-refractivity contribution in [3.05, 3.63) is 34.5 Å². The van der Waals surface area contributed by atoms with Crippen molar-refractivity contribution in [3.63, 3.8) is 0 Å². The average Bonchev–Trinajstić information content (AvgIpc) is 3.94. The van der Waals surface area contributed by atoms with E-state index in [-0.39, 0.29) is 0 Å². The average molecular weight is 839 g/mol. The molecule has 0 aliphatic carbocycles. The number of alkyl halides is 6. The molecule has 57 heavy (non-hydrogen) atoms. The van der Waals surface area contributed by atoms with Crippen LogP contribution in [0.4, 0.5) is 38.0 Å². The Morgan fingerprint density at radius 1 is 0.614 bits per heavy atom. The van der Waals surface area contributed by atoms with E-state index in [1.165, 1.54) is 51.3 Å². The van der Waals surface area contributed by atoms with Gasteiger partial charge in [-0.25, -0.2) is 19.9 Å². The molecule has 4 aliphatic heterocycles. The fraction of sp³-hybridized carbons (Fsp3) is 0.707. The number of thiophene rings is 2. The summed E-state index contributed by atoms with van der Waals surface area (Å²) >= 11 is 2.25. The first-order chi connectivity index (χ1) is 27.0. The Morgan fingerprint density at radius 2 is 1.02 bits per heavy atom. The maximum Gasteiger partial charge on any atom is 0.393 e. The van der Waals surface area contributed by atoms with E-state index in [9.17, 15) is 26.3 Å². The topological polar surface area (TPSA) is 64.5 Å². The number of anilines is 2. The molecular weight excluding hydrogens is 783 g/mol. The zero-order chi connectivity index (χ0) is 40.6. The summed E-state index contributed by atoms with van der Waals surface area (Å²) in [5.74, 6) is 3.03. The maximum absolute atomic E-state index is 12.8. The molecule has 2 spiro atoms. The SMILES string of the molecule is CC(C)CN1CCC2(CC1)CCN(c1ncnc3sc(CC(F)(F)F)cc13)C2.CCC(C)CN1CCC2(CC1)CCN(c1ncnc3sc(CC(F)(F)F)cc13)C2. The van der Waals surface area contributed by atoms with Crippen LogP contribution in [0.1, 0.15) is 82.4 Å². The fourth-order valence-electron chi connectivity index (χ4n) is 9.41. The second-order valence-electron chi connectivity index (χ2n) is 17.7. The molecule has 0 amide bonds. The second-order valence-corrected chi connectivity index (χ2v) is 19.9. The van der Waals surface area contributed by atoms with Crippen molar-refractivity contribution in [1.82, 2.24) is 29.7 Å². The summed E-state index contributed by atoms with van der Waals surface area (Å²) in [7, 11) is 0. The van der Waals surface area contributed by atoms with E-state index in [0.717, 1.165) is 123 Å². The molecule has 4 saturated heterocycles. The predicted molar refractivity (Wildman–Crippen MR) is 219 cm³/mol. The van der Waals surface area contributed by atoms with Crippen LogP contribution in [-0.4, -0.2) is 108 Å². The number of halogens is 6. The molecule has 1 unspecified atom stereocenters. The van der Waals surface area contributed by atoms with Gasteiger partial charge in [0.25, 0.3) is 0 Å². The van der Waals surface area contributed by atoms with Gasteiger partial charge >= 0.3 is 12.4 Å². The largest absolute Gasteiger partial charge is 0.393 e. The van der Waals surface area contributed by atoms with Gasteiger partial charge in [0.1, 0.15) is 34.0 Å². The molecular formula is C41H56F6N8S2. The van der Waals surface area contributed by atoms with Gasteiger partial charge in [-0.2, -0.15) is 26.3 Å². The Labute approximate surface area is 340 Å². The zero-order valence-corrected chi connectivity index (χ0v) is 35.2. The number of piperidine rings is 2. The molecule has 8 rings (SSSR count). The molecule has 0 N–H and O–H groups in total. The van der Waals surface area contributed by atoms with E-state index >= 15 is 0 Å². The van der Waals surface area contributed by atoms with Gasteiger partial charge in [0, 0.05) is 49.0 Å². The lowest BCUT2D eigenvalue weighted by molar-refractivity contribution is -0.127. The van der Waals surface area contributed by atoms with Gasteiger partial charge in [0.15, 0.2) is 0 Å². The summed E-state index contributed by atoms with van der Waals surface area (Å²) < 4.78 is 76.7. The van der Waals surface area contributed by atoms with Crippen LogP contribution in [-0.2, 0) is 12.8 Å². The van der Waals surface area contributed by atoms with Crippen LogP contribution >= 0.6 is 22.7 Å². The number of hydrogen-bond donors (Lipinski definition) is 0. The van der Waals surface area contributed by atoms with Crippen molar-refractivity contribution < 1.29 is 26.3 Å². The molecule has 8 nitrogen and oxygen atoms in total. The van der Waals surface area contributed by atoms with Crippen molar-refractivity contribution in [2.24, 2.45) is 22.7 Å². The van der Waals surface area contributed by atoms with Crippen LogP contribution in [0.25, 0.3) is 20.4 Å². The third-order valence-electron chi connectivity index (χ3n) is 12.7. The van der Waals surface area contributed by atoms with Gasteiger partial charge < -0.3 is 19.6 Å². The minimum absolute atomic E-state index is 0.306. The number of likely N-dealkylation sites (tertiary alicyclic amines) is 2. The van der Waals surface area contributed by atoms with Crippen molar-refractivity contribution in [1.29, 1.82) is 0 Å². The molecule has 314 valence electrons. The van der Waals surface area contributed by atoms with E-state index in [0.29, 0.717) is 36.2 Å². The van der Waals surface area contributed by atoms with Crippen LogP contribution < -0.4 is 9.80 Å². The minimum Gasteiger partial charge on any atom is -0.355 e. The zero-order valence-electron chi connectivity index (χ0n) is 33.6.